The van der Waals surface area contributed by atoms with Gasteiger partial charge in [-0.3, -0.25) is 4.79 Å². The van der Waals surface area contributed by atoms with Crippen molar-refractivity contribution in [2.24, 2.45) is 0 Å². The number of morpholine rings is 1. The van der Waals surface area contributed by atoms with E-state index in [1.165, 1.54) is 11.0 Å². The van der Waals surface area contributed by atoms with Gasteiger partial charge >= 0.3 is 5.97 Å². The van der Waals surface area contributed by atoms with Gasteiger partial charge in [-0.1, -0.05) is 6.08 Å². The van der Waals surface area contributed by atoms with Crippen molar-refractivity contribution >= 4 is 11.9 Å². The van der Waals surface area contributed by atoms with Gasteiger partial charge in [0.2, 0.25) is 5.91 Å². The Bertz CT molecular complexity index is 251. The van der Waals surface area contributed by atoms with E-state index in [2.05, 4.69) is 6.58 Å². The predicted molar refractivity (Wildman–Crippen MR) is 48.8 cm³/mol. The van der Waals surface area contributed by atoms with Crippen LogP contribution in [0.25, 0.3) is 0 Å². The van der Waals surface area contributed by atoms with Gasteiger partial charge in [0.05, 0.1) is 13.2 Å². The molecule has 1 rings (SSSR count). The number of carboxylic acid groups (broad SMARTS) is 1. The fourth-order valence-corrected chi connectivity index (χ4v) is 1.35. The summed E-state index contributed by atoms with van der Waals surface area (Å²) >= 11 is 0. The highest BCUT2D eigenvalue weighted by Crippen LogP contribution is 2.09. The second-order valence-corrected chi connectivity index (χ2v) is 3.01. The van der Waals surface area contributed by atoms with Gasteiger partial charge in [0.15, 0.2) is 6.04 Å². The SMILES string of the molecule is C=CCC(=O)N1CCOCC1C(=O)O. The number of hydrogen-bond acceptors (Lipinski definition) is 3. The van der Waals surface area contributed by atoms with E-state index in [-0.39, 0.29) is 18.9 Å². The zero-order valence-electron chi connectivity index (χ0n) is 7.81. The summed E-state index contributed by atoms with van der Waals surface area (Å²) in [6.45, 7) is 4.24. The second-order valence-electron chi connectivity index (χ2n) is 3.01. The molecule has 5 heteroatoms. The second kappa shape index (κ2) is 4.76. The number of carbonyl (C=O) groups excluding carboxylic acids is 1. The van der Waals surface area contributed by atoms with Crippen LogP contribution in [0.1, 0.15) is 6.42 Å². The number of rotatable bonds is 3. The molecule has 0 spiro atoms. The van der Waals surface area contributed by atoms with Crippen molar-refractivity contribution in [3.05, 3.63) is 12.7 Å². The van der Waals surface area contributed by atoms with E-state index in [1.807, 2.05) is 0 Å². The molecular weight excluding hydrogens is 186 g/mol. The van der Waals surface area contributed by atoms with Crippen LogP contribution in [0.15, 0.2) is 12.7 Å². The topological polar surface area (TPSA) is 66.8 Å². The first-order valence-electron chi connectivity index (χ1n) is 4.37. The fourth-order valence-electron chi connectivity index (χ4n) is 1.35. The summed E-state index contributed by atoms with van der Waals surface area (Å²) in [5, 5.41) is 8.83. The van der Waals surface area contributed by atoms with E-state index in [0.29, 0.717) is 13.2 Å². The molecule has 5 nitrogen and oxygen atoms in total. The van der Waals surface area contributed by atoms with Crippen LogP contribution in [-0.4, -0.2) is 47.7 Å². The van der Waals surface area contributed by atoms with E-state index in [0.717, 1.165) is 0 Å². The van der Waals surface area contributed by atoms with Crippen molar-refractivity contribution in [2.75, 3.05) is 19.8 Å². The van der Waals surface area contributed by atoms with Crippen LogP contribution < -0.4 is 0 Å². The van der Waals surface area contributed by atoms with Crippen molar-refractivity contribution in [2.45, 2.75) is 12.5 Å². The van der Waals surface area contributed by atoms with Crippen molar-refractivity contribution in [3.8, 4) is 0 Å². The van der Waals surface area contributed by atoms with E-state index >= 15 is 0 Å². The molecule has 0 aromatic carbocycles. The lowest BCUT2D eigenvalue weighted by atomic mass is 10.2. The van der Waals surface area contributed by atoms with Crippen LogP contribution in [0.5, 0.6) is 0 Å². The van der Waals surface area contributed by atoms with E-state index in [4.69, 9.17) is 9.84 Å². The quantitative estimate of drug-likeness (QED) is 0.643. The lowest BCUT2D eigenvalue weighted by Gasteiger charge is -2.32. The summed E-state index contributed by atoms with van der Waals surface area (Å²) in [4.78, 5) is 23.5. The van der Waals surface area contributed by atoms with E-state index < -0.39 is 12.0 Å². The number of carbonyl (C=O) groups is 2. The maximum Gasteiger partial charge on any atom is 0.328 e. The highest BCUT2D eigenvalue weighted by molar-refractivity contribution is 5.84. The molecule has 0 saturated carbocycles. The number of aliphatic carboxylic acids is 1. The zero-order valence-corrected chi connectivity index (χ0v) is 7.81. The van der Waals surface area contributed by atoms with Crippen LogP contribution in [0.2, 0.25) is 0 Å². The van der Waals surface area contributed by atoms with Crippen molar-refractivity contribution in [1.29, 1.82) is 0 Å². The molecule has 0 aliphatic carbocycles. The van der Waals surface area contributed by atoms with Gasteiger partial charge < -0.3 is 14.7 Å². The predicted octanol–water partition coefficient (Wildman–Crippen LogP) is -0.126. The van der Waals surface area contributed by atoms with E-state index in [9.17, 15) is 9.59 Å². The number of hydrogen-bond donors (Lipinski definition) is 1. The summed E-state index contributed by atoms with van der Waals surface area (Å²) in [7, 11) is 0. The third kappa shape index (κ3) is 2.32. The Morgan fingerprint density at radius 1 is 1.64 bits per heavy atom. The standard InChI is InChI=1S/C9H13NO4/c1-2-3-8(11)10-4-5-14-6-7(10)9(12)13/h2,7H,1,3-6H2,(H,12,13). The minimum Gasteiger partial charge on any atom is -0.480 e. The molecular formula is C9H13NO4. The number of nitrogens with zero attached hydrogens (tertiary/aromatic N) is 1. The molecule has 1 N–H and O–H groups in total. The van der Waals surface area contributed by atoms with Gasteiger partial charge in [0.1, 0.15) is 0 Å². The summed E-state index contributed by atoms with van der Waals surface area (Å²) in [5.74, 6) is -1.24. The van der Waals surface area contributed by atoms with Gasteiger partial charge in [-0.25, -0.2) is 4.79 Å². The maximum absolute atomic E-state index is 11.4. The lowest BCUT2D eigenvalue weighted by Crippen LogP contribution is -2.52. The number of amides is 1. The molecule has 1 aliphatic rings. The average Bonchev–Trinajstić information content (AvgIpc) is 2.18. The van der Waals surface area contributed by atoms with Crippen LogP contribution in [0.3, 0.4) is 0 Å². The summed E-state index contributed by atoms with van der Waals surface area (Å²) < 4.78 is 5.00. The highest BCUT2D eigenvalue weighted by Gasteiger charge is 2.31. The number of carboxylic acids is 1. The zero-order chi connectivity index (χ0) is 10.6. The third-order valence-electron chi connectivity index (χ3n) is 2.05. The first-order chi connectivity index (χ1) is 6.66. The smallest absolute Gasteiger partial charge is 0.328 e. The van der Waals surface area contributed by atoms with Crippen LogP contribution in [0.4, 0.5) is 0 Å². The monoisotopic (exact) mass is 199 g/mol. The first kappa shape index (κ1) is 10.7. The molecule has 0 radical (unpaired) electrons. The van der Waals surface area contributed by atoms with Gasteiger partial charge in [-0.05, 0) is 0 Å². The normalized spacial score (nSPS) is 21.7. The Balaban J connectivity index is 2.66. The Labute approximate surface area is 82.0 Å². The van der Waals surface area contributed by atoms with Crippen LogP contribution in [0, 0.1) is 0 Å². The minimum absolute atomic E-state index is 0.0677. The molecule has 14 heavy (non-hydrogen) atoms. The molecule has 1 saturated heterocycles. The molecule has 1 heterocycles. The Kier molecular flexibility index (Phi) is 3.64. The Morgan fingerprint density at radius 3 is 2.93 bits per heavy atom. The maximum atomic E-state index is 11.4. The lowest BCUT2D eigenvalue weighted by molar-refractivity contribution is -0.157. The molecule has 0 bridgehead atoms. The van der Waals surface area contributed by atoms with Gasteiger partial charge in [0.25, 0.3) is 0 Å². The molecule has 0 aromatic rings. The van der Waals surface area contributed by atoms with E-state index in [1.54, 1.807) is 0 Å². The van der Waals surface area contributed by atoms with Crippen molar-refractivity contribution in [3.63, 3.8) is 0 Å². The fraction of sp³-hybridized carbons (Fsp3) is 0.556. The highest BCUT2D eigenvalue weighted by atomic mass is 16.5. The molecule has 1 fully saturated rings. The van der Waals surface area contributed by atoms with Crippen molar-refractivity contribution in [1.82, 2.24) is 4.90 Å². The average molecular weight is 199 g/mol. The van der Waals surface area contributed by atoms with Gasteiger partial charge in [-0.2, -0.15) is 0 Å². The van der Waals surface area contributed by atoms with Gasteiger partial charge in [0, 0.05) is 13.0 Å². The Hall–Kier alpha value is -1.36. The summed E-state index contributed by atoms with van der Waals surface area (Å²) in [6, 6.07) is -0.851. The molecule has 1 amide bonds. The number of ether oxygens (including phenoxy) is 1. The van der Waals surface area contributed by atoms with Crippen molar-refractivity contribution < 1.29 is 19.4 Å². The molecule has 1 aliphatic heterocycles. The molecule has 0 aromatic heterocycles. The van der Waals surface area contributed by atoms with Gasteiger partial charge in [-0.15, -0.1) is 6.58 Å². The minimum atomic E-state index is -1.03. The molecule has 1 atom stereocenters. The molecule has 78 valence electrons. The van der Waals surface area contributed by atoms with Crippen LogP contribution >= 0.6 is 0 Å². The largest absolute Gasteiger partial charge is 0.480 e. The Morgan fingerprint density at radius 2 is 2.36 bits per heavy atom. The summed E-state index contributed by atoms with van der Waals surface area (Å²) in [5.41, 5.74) is 0. The third-order valence-corrected chi connectivity index (χ3v) is 2.05. The summed E-state index contributed by atoms with van der Waals surface area (Å²) in [6.07, 6.45) is 1.64. The first-order valence-corrected chi connectivity index (χ1v) is 4.37. The van der Waals surface area contributed by atoms with Crippen LogP contribution in [-0.2, 0) is 14.3 Å². The molecule has 1 unspecified atom stereocenters.